The van der Waals surface area contributed by atoms with Crippen molar-refractivity contribution < 1.29 is 4.79 Å². The summed E-state index contributed by atoms with van der Waals surface area (Å²) in [7, 11) is 1.87. The third-order valence-corrected chi connectivity index (χ3v) is 5.69. The number of aromatic nitrogens is 2. The van der Waals surface area contributed by atoms with Crippen molar-refractivity contribution in [3.05, 3.63) is 62.4 Å². The van der Waals surface area contributed by atoms with Crippen LogP contribution in [0.2, 0.25) is 10.0 Å². The number of hydrogen-bond acceptors (Lipinski definition) is 4. The largest absolute Gasteiger partial charge is 0.347 e. The lowest BCUT2D eigenvalue weighted by Gasteiger charge is -2.16. The third-order valence-electron chi connectivity index (χ3n) is 4.03. The number of thiophene rings is 1. The standard InChI is InChI=1S/C18H18Cl2N4OS/c1-24-16(4-5-22-24)12-8-17(26-10-12)18(25)23-13(9-21)6-11-2-3-14(19)15(20)7-11/h2-5,7-8,10,13H,6,9,21H2,1H3,(H,23,25)/t13-/m0/s1. The Bertz CT molecular complexity index is 922. The molecule has 26 heavy (non-hydrogen) atoms. The highest BCUT2D eigenvalue weighted by Gasteiger charge is 2.16. The maximum Gasteiger partial charge on any atom is 0.261 e. The first kappa shape index (κ1) is 18.9. The molecule has 1 aromatic carbocycles. The number of halogens is 2. The van der Waals surface area contributed by atoms with Crippen molar-refractivity contribution in [3.8, 4) is 11.3 Å². The second kappa shape index (κ2) is 8.22. The number of aryl methyl sites for hydroxylation is 1. The van der Waals surface area contributed by atoms with Gasteiger partial charge in [-0.1, -0.05) is 29.3 Å². The van der Waals surface area contributed by atoms with Gasteiger partial charge in [0.15, 0.2) is 0 Å². The van der Waals surface area contributed by atoms with Gasteiger partial charge in [-0.25, -0.2) is 0 Å². The minimum atomic E-state index is -0.193. The normalized spacial score (nSPS) is 12.2. The quantitative estimate of drug-likeness (QED) is 0.651. The first-order valence-corrected chi connectivity index (χ1v) is 9.63. The highest BCUT2D eigenvalue weighted by Crippen LogP contribution is 2.25. The Morgan fingerprint density at radius 3 is 2.77 bits per heavy atom. The van der Waals surface area contributed by atoms with Crippen LogP contribution >= 0.6 is 34.5 Å². The van der Waals surface area contributed by atoms with Crippen LogP contribution in [0.25, 0.3) is 11.3 Å². The van der Waals surface area contributed by atoms with Crippen LogP contribution in [-0.4, -0.2) is 28.3 Å². The molecule has 3 N–H and O–H groups in total. The molecule has 0 aliphatic rings. The fourth-order valence-corrected chi connectivity index (χ4v) is 3.77. The third kappa shape index (κ3) is 4.27. The van der Waals surface area contributed by atoms with Crippen molar-refractivity contribution in [2.75, 3.05) is 6.54 Å². The lowest BCUT2D eigenvalue weighted by atomic mass is 10.1. The zero-order valence-corrected chi connectivity index (χ0v) is 16.4. The molecule has 0 unspecified atom stereocenters. The molecule has 5 nitrogen and oxygen atoms in total. The molecular formula is C18H18Cl2N4OS. The Labute approximate surface area is 165 Å². The number of carbonyl (C=O) groups excluding carboxylic acids is 1. The van der Waals surface area contributed by atoms with Gasteiger partial charge in [-0.15, -0.1) is 11.3 Å². The maximum atomic E-state index is 12.6. The summed E-state index contributed by atoms with van der Waals surface area (Å²) in [4.78, 5) is 13.2. The van der Waals surface area contributed by atoms with Crippen molar-refractivity contribution in [3.63, 3.8) is 0 Å². The predicted octanol–water partition coefficient (Wildman–Crippen LogP) is 3.76. The fraction of sp³-hybridized carbons (Fsp3) is 0.222. The average Bonchev–Trinajstić information content (AvgIpc) is 3.26. The van der Waals surface area contributed by atoms with Gasteiger partial charge in [-0.3, -0.25) is 9.48 Å². The second-order valence-electron chi connectivity index (χ2n) is 5.90. The van der Waals surface area contributed by atoms with Crippen LogP contribution < -0.4 is 11.1 Å². The van der Waals surface area contributed by atoms with Crippen LogP contribution in [0.4, 0.5) is 0 Å². The predicted molar refractivity (Wildman–Crippen MR) is 107 cm³/mol. The highest BCUT2D eigenvalue weighted by molar-refractivity contribution is 7.12. The number of nitrogens with zero attached hydrogens (tertiary/aromatic N) is 2. The summed E-state index contributed by atoms with van der Waals surface area (Å²) in [6.07, 6.45) is 2.31. The molecule has 0 saturated carbocycles. The van der Waals surface area contributed by atoms with Crippen LogP contribution in [0.1, 0.15) is 15.2 Å². The summed E-state index contributed by atoms with van der Waals surface area (Å²) >= 11 is 13.4. The van der Waals surface area contributed by atoms with Crippen molar-refractivity contribution in [2.24, 2.45) is 12.8 Å². The van der Waals surface area contributed by atoms with Gasteiger partial charge in [0.05, 0.1) is 20.6 Å². The van der Waals surface area contributed by atoms with E-state index in [4.69, 9.17) is 28.9 Å². The van der Waals surface area contributed by atoms with Crippen LogP contribution in [-0.2, 0) is 13.5 Å². The number of benzene rings is 1. The molecule has 0 radical (unpaired) electrons. The van der Waals surface area contributed by atoms with E-state index in [0.717, 1.165) is 16.8 Å². The molecule has 2 heterocycles. The molecule has 0 saturated heterocycles. The van der Waals surface area contributed by atoms with Crippen LogP contribution in [0.5, 0.6) is 0 Å². The van der Waals surface area contributed by atoms with E-state index in [1.807, 2.05) is 30.6 Å². The van der Waals surface area contributed by atoms with E-state index >= 15 is 0 Å². The minimum absolute atomic E-state index is 0.140. The number of amides is 1. The van der Waals surface area contributed by atoms with Gasteiger partial charge >= 0.3 is 0 Å². The van der Waals surface area contributed by atoms with Crippen molar-refractivity contribution in [1.29, 1.82) is 0 Å². The molecule has 0 fully saturated rings. The van der Waals surface area contributed by atoms with E-state index in [1.165, 1.54) is 11.3 Å². The second-order valence-corrected chi connectivity index (χ2v) is 7.62. The molecule has 8 heteroatoms. The zero-order valence-electron chi connectivity index (χ0n) is 14.1. The van der Waals surface area contributed by atoms with E-state index in [-0.39, 0.29) is 11.9 Å². The van der Waals surface area contributed by atoms with Crippen LogP contribution in [0.3, 0.4) is 0 Å². The van der Waals surface area contributed by atoms with E-state index in [2.05, 4.69) is 10.4 Å². The van der Waals surface area contributed by atoms with Gasteiger partial charge in [-0.05, 0) is 36.2 Å². The Kier molecular flexibility index (Phi) is 5.98. The van der Waals surface area contributed by atoms with Gasteiger partial charge in [0.25, 0.3) is 5.91 Å². The SMILES string of the molecule is Cn1nccc1-c1csc(C(=O)N[C@H](CN)Cc2ccc(Cl)c(Cl)c2)c1. The minimum Gasteiger partial charge on any atom is -0.347 e. The fourth-order valence-electron chi connectivity index (χ4n) is 2.65. The topological polar surface area (TPSA) is 72.9 Å². The summed E-state index contributed by atoms with van der Waals surface area (Å²) in [5, 5.41) is 10.1. The van der Waals surface area contributed by atoms with E-state index in [9.17, 15) is 4.79 Å². The van der Waals surface area contributed by atoms with E-state index < -0.39 is 0 Å². The molecule has 3 aromatic rings. The molecule has 2 aromatic heterocycles. The smallest absolute Gasteiger partial charge is 0.261 e. The number of hydrogen-bond donors (Lipinski definition) is 2. The van der Waals surface area contributed by atoms with Crippen molar-refractivity contribution >= 4 is 40.4 Å². The van der Waals surface area contributed by atoms with Crippen LogP contribution in [0, 0.1) is 0 Å². The Morgan fingerprint density at radius 2 is 2.12 bits per heavy atom. The van der Waals surface area contributed by atoms with Crippen molar-refractivity contribution in [1.82, 2.24) is 15.1 Å². The molecule has 0 aliphatic carbocycles. The van der Waals surface area contributed by atoms with Gasteiger partial charge in [-0.2, -0.15) is 5.10 Å². The lowest BCUT2D eigenvalue weighted by Crippen LogP contribution is -2.41. The lowest BCUT2D eigenvalue weighted by molar-refractivity contribution is 0.0942. The summed E-state index contributed by atoms with van der Waals surface area (Å²) < 4.78 is 1.77. The summed E-state index contributed by atoms with van der Waals surface area (Å²) in [5.41, 5.74) is 8.74. The molecule has 0 spiro atoms. The van der Waals surface area contributed by atoms with Gasteiger partial charge in [0.2, 0.25) is 0 Å². The van der Waals surface area contributed by atoms with Gasteiger partial charge in [0.1, 0.15) is 0 Å². The number of carbonyl (C=O) groups is 1. The monoisotopic (exact) mass is 408 g/mol. The first-order chi connectivity index (χ1) is 12.5. The summed E-state index contributed by atoms with van der Waals surface area (Å²) in [6, 6.07) is 9.01. The van der Waals surface area contributed by atoms with Gasteiger partial charge < -0.3 is 11.1 Å². The molecule has 3 rings (SSSR count). The average molecular weight is 409 g/mol. The Balaban J connectivity index is 1.68. The highest BCUT2D eigenvalue weighted by atomic mass is 35.5. The zero-order chi connectivity index (χ0) is 18.7. The van der Waals surface area contributed by atoms with E-state index in [0.29, 0.717) is 27.9 Å². The molecule has 0 aliphatic heterocycles. The summed E-state index contributed by atoms with van der Waals surface area (Å²) in [6.45, 7) is 0.325. The molecule has 0 bridgehead atoms. The molecule has 1 amide bonds. The van der Waals surface area contributed by atoms with Crippen LogP contribution in [0.15, 0.2) is 41.9 Å². The number of nitrogens with two attached hydrogens (primary N) is 1. The number of nitrogens with one attached hydrogen (secondary N) is 1. The van der Waals surface area contributed by atoms with Crippen molar-refractivity contribution in [2.45, 2.75) is 12.5 Å². The first-order valence-electron chi connectivity index (χ1n) is 7.99. The maximum absolute atomic E-state index is 12.6. The summed E-state index contributed by atoms with van der Waals surface area (Å²) in [5.74, 6) is -0.140. The molecule has 1 atom stereocenters. The molecule has 136 valence electrons. The van der Waals surface area contributed by atoms with Gasteiger partial charge in [0, 0.05) is 36.8 Å². The van der Waals surface area contributed by atoms with E-state index in [1.54, 1.807) is 23.0 Å². The Morgan fingerprint density at radius 1 is 1.31 bits per heavy atom. The number of rotatable bonds is 6. The molecular weight excluding hydrogens is 391 g/mol. The Hall–Kier alpha value is -1.86.